The number of fused-ring (bicyclic) bond motifs is 1. The van der Waals surface area contributed by atoms with Gasteiger partial charge in [0.2, 0.25) is 16.0 Å². The molecule has 98 valence electrons. The Balaban J connectivity index is 2.04. The molecule has 2 rings (SSSR count). The van der Waals surface area contributed by atoms with Crippen molar-refractivity contribution in [2.75, 3.05) is 24.7 Å². The zero-order valence-corrected chi connectivity index (χ0v) is 10.4. The summed E-state index contributed by atoms with van der Waals surface area (Å²) in [4.78, 5) is 4.06. The van der Waals surface area contributed by atoms with Gasteiger partial charge in [0, 0.05) is 6.54 Å². The van der Waals surface area contributed by atoms with Gasteiger partial charge in [-0.15, -0.1) is 5.10 Å². The van der Waals surface area contributed by atoms with Crippen molar-refractivity contribution in [1.29, 1.82) is 0 Å². The van der Waals surface area contributed by atoms with Crippen molar-refractivity contribution < 1.29 is 12.8 Å². The zero-order chi connectivity index (χ0) is 13.2. The SMILES string of the molecule is CNS(=O)(=O)CCNc1nc2ccc(F)cn2n1. The molecule has 0 amide bonds. The number of pyridine rings is 1. The van der Waals surface area contributed by atoms with E-state index in [1.165, 1.54) is 29.9 Å². The summed E-state index contributed by atoms with van der Waals surface area (Å²) in [6.45, 7) is 0.169. The summed E-state index contributed by atoms with van der Waals surface area (Å²) in [6, 6.07) is 2.76. The van der Waals surface area contributed by atoms with Crippen molar-refractivity contribution >= 4 is 21.6 Å². The molecule has 2 heterocycles. The van der Waals surface area contributed by atoms with Crippen molar-refractivity contribution in [2.45, 2.75) is 0 Å². The first-order valence-corrected chi connectivity index (χ1v) is 6.82. The molecule has 9 heteroatoms. The fourth-order valence-electron chi connectivity index (χ4n) is 1.33. The third-order valence-corrected chi connectivity index (χ3v) is 3.62. The van der Waals surface area contributed by atoms with Gasteiger partial charge >= 0.3 is 0 Å². The number of sulfonamides is 1. The number of nitrogens with zero attached hydrogens (tertiary/aromatic N) is 3. The Hall–Kier alpha value is -1.74. The molecule has 7 nitrogen and oxygen atoms in total. The molecule has 0 bridgehead atoms. The van der Waals surface area contributed by atoms with E-state index in [1.54, 1.807) is 0 Å². The fourth-order valence-corrected chi connectivity index (χ4v) is 1.91. The first-order valence-electron chi connectivity index (χ1n) is 5.17. The summed E-state index contributed by atoms with van der Waals surface area (Å²) in [6.07, 6.45) is 1.19. The molecule has 0 atom stereocenters. The van der Waals surface area contributed by atoms with E-state index in [4.69, 9.17) is 0 Å². The lowest BCUT2D eigenvalue weighted by molar-refractivity contribution is 0.588. The second kappa shape index (κ2) is 4.86. The summed E-state index contributed by atoms with van der Waals surface area (Å²) in [7, 11) is -1.91. The van der Waals surface area contributed by atoms with Gasteiger partial charge in [-0.25, -0.2) is 22.0 Å². The smallest absolute Gasteiger partial charge is 0.243 e. The number of aromatic nitrogens is 3. The van der Waals surface area contributed by atoms with Crippen LogP contribution in [0.1, 0.15) is 0 Å². The Kier molecular flexibility index (Phi) is 3.43. The maximum absolute atomic E-state index is 12.9. The third-order valence-electron chi connectivity index (χ3n) is 2.26. The summed E-state index contributed by atoms with van der Waals surface area (Å²) in [5.74, 6) is -0.253. The van der Waals surface area contributed by atoms with Crippen LogP contribution in [0, 0.1) is 5.82 Å². The van der Waals surface area contributed by atoms with Crippen LogP contribution in [0.15, 0.2) is 18.3 Å². The second-order valence-corrected chi connectivity index (χ2v) is 5.58. The standard InChI is InChI=1S/C9H12FN5O2S/c1-11-18(16,17)5-4-12-9-13-8-3-2-7(10)6-15(8)14-9/h2-3,6,11H,4-5H2,1H3,(H,12,14). The van der Waals surface area contributed by atoms with Gasteiger partial charge in [0.15, 0.2) is 5.65 Å². The van der Waals surface area contributed by atoms with Crippen LogP contribution in [0.4, 0.5) is 10.3 Å². The molecule has 0 saturated carbocycles. The highest BCUT2D eigenvalue weighted by Crippen LogP contribution is 2.06. The molecule has 0 spiro atoms. The molecule has 2 aromatic rings. The van der Waals surface area contributed by atoms with E-state index in [0.29, 0.717) is 5.65 Å². The molecule has 0 radical (unpaired) electrons. The molecule has 0 saturated heterocycles. The van der Waals surface area contributed by atoms with Crippen LogP contribution in [-0.2, 0) is 10.0 Å². The maximum Gasteiger partial charge on any atom is 0.243 e. The van der Waals surface area contributed by atoms with Crippen LogP contribution in [0.25, 0.3) is 5.65 Å². The molecule has 2 N–H and O–H groups in total. The first kappa shape index (κ1) is 12.7. The van der Waals surface area contributed by atoms with Gasteiger partial charge in [0.05, 0.1) is 11.9 Å². The fraction of sp³-hybridized carbons (Fsp3) is 0.333. The highest BCUT2D eigenvalue weighted by atomic mass is 32.2. The predicted octanol–water partition coefficient (Wildman–Crippen LogP) is -0.171. The van der Waals surface area contributed by atoms with Gasteiger partial charge in [-0.05, 0) is 19.2 Å². The number of nitrogens with one attached hydrogen (secondary N) is 2. The van der Waals surface area contributed by atoms with Gasteiger partial charge in [0.25, 0.3) is 0 Å². The Morgan fingerprint density at radius 3 is 2.94 bits per heavy atom. The molecular formula is C9H12FN5O2S. The zero-order valence-electron chi connectivity index (χ0n) is 9.59. The highest BCUT2D eigenvalue weighted by molar-refractivity contribution is 7.89. The predicted molar refractivity (Wildman–Crippen MR) is 64.3 cm³/mol. The molecule has 2 aromatic heterocycles. The topological polar surface area (TPSA) is 88.4 Å². The van der Waals surface area contributed by atoms with Gasteiger partial charge in [-0.3, -0.25) is 0 Å². The van der Waals surface area contributed by atoms with Crippen LogP contribution >= 0.6 is 0 Å². The van der Waals surface area contributed by atoms with Crippen LogP contribution in [0.3, 0.4) is 0 Å². The Labute approximate surface area is 103 Å². The van der Waals surface area contributed by atoms with Crippen LogP contribution in [0.5, 0.6) is 0 Å². The maximum atomic E-state index is 12.9. The van der Waals surface area contributed by atoms with Gasteiger partial charge < -0.3 is 5.32 Å². The van der Waals surface area contributed by atoms with Gasteiger partial charge in [-0.2, -0.15) is 4.98 Å². The molecule has 0 unspecified atom stereocenters. The van der Waals surface area contributed by atoms with E-state index in [9.17, 15) is 12.8 Å². The lowest BCUT2D eigenvalue weighted by atomic mass is 10.5. The molecule has 0 fully saturated rings. The Morgan fingerprint density at radius 1 is 1.44 bits per heavy atom. The van der Waals surface area contributed by atoms with Crippen molar-refractivity contribution in [3.8, 4) is 0 Å². The Bertz CT molecular complexity index is 654. The normalized spacial score (nSPS) is 11.9. The molecular weight excluding hydrogens is 261 g/mol. The number of hydrogen-bond donors (Lipinski definition) is 2. The van der Waals surface area contributed by atoms with Crippen LogP contribution in [0.2, 0.25) is 0 Å². The van der Waals surface area contributed by atoms with E-state index < -0.39 is 15.8 Å². The summed E-state index contributed by atoms with van der Waals surface area (Å²) in [5, 5.41) is 6.72. The average Bonchev–Trinajstić information content (AvgIpc) is 2.70. The summed E-state index contributed by atoms with van der Waals surface area (Å²) < 4.78 is 38.7. The minimum Gasteiger partial charge on any atom is -0.352 e. The number of halogens is 1. The van der Waals surface area contributed by atoms with E-state index in [0.717, 1.165) is 0 Å². The van der Waals surface area contributed by atoms with Crippen molar-refractivity contribution in [3.63, 3.8) is 0 Å². The van der Waals surface area contributed by atoms with E-state index in [2.05, 4.69) is 20.1 Å². The summed E-state index contributed by atoms with van der Waals surface area (Å²) >= 11 is 0. The summed E-state index contributed by atoms with van der Waals surface area (Å²) in [5.41, 5.74) is 0.482. The quantitative estimate of drug-likeness (QED) is 0.789. The molecule has 18 heavy (non-hydrogen) atoms. The van der Waals surface area contributed by atoms with Crippen LogP contribution < -0.4 is 10.0 Å². The number of hydrogen-bond acceptors (Lipinski definition) is 5. The van der Waals surface area contributed by atoms with Crippen molar-refractivity contribution in [3.05, 3.63) is 24.1 Å². The molecule has 0 aromatic carbocycles. The van der Waals surface area contributed by atoms with Gasteiger partial charge in [-0.1, -0.05) is 0 Å². The van der Waals surface area contributed by atoms with Crippen LogP contribution in [-0.4, -0.2) is 42.4 Å². The lowest BCUT2D eigenvalue weighted by Crippen LogP contribution is -2.26. The minimum absolute atomic E-state index is 0.0899. The molecule has 0 aliphatic carbocycles. The van der Waals surface area contributed by atoms with E-state index in [-0.39, 0.29) is 18.2 Å². The lowest BCUT2D eigenvalue weighted by Gasteiger charge is -2.02. The monoisotopic (exact) mass is 273 g/mol. The first-order chi connectivity index (χ1) is 8.50. The Morgan fingerprint density at radius 2 is 2.22 bits per heavy atom. The third kappa shape index (κ3) is 2.93. The highest BCUT2D eigenvalue weighted by Gasteiger charge is 2.08. The number of anilines is 1. The number of rotatable bonds is 5. The van der Waals surface area contributed by atoms with Gasteiger partial charge in [0.1, 0.15) is 5.82 Å². The van der Waals surface area contributed by atoms with Crippen molar-refractivity contribution in [2.24, 2.45) is 0 Å². The largest absolute Gasteiger partial charge is 0.352 e. The molecule has 0 aliphatic rings. The van der Waals surface area contributed by atoms with E-state index in [1.807, 2.05) is 0 Å². The van der Waals surface area contributed by atoms with Crippen molar-refractivity contribution in [1.82, 2.24) is 19.3 Å². The van der Waals surface area contributed by atoms with E-state index >= 15 is 0 Å². The minimum atomic E-state index is -3.26. The second-order valence-electron chi connectivity index (χ2n) is 3.54. The molecule has 0 aliphatic heterocycles. The average molecular weight is 273 g/mol.